The monoisotopic (exact) mass is 630 g/mol. The molecule has 2 aromatic carbocycles. The number of aryl methyl sites for hydroxylation is 2. The number of hydrogen-bond donors (Lipinski definition) is 0. The predicted molar refractivity (Wildman–Crippen MR) is 151 cm³/mol. The van der Waals surface area contributed by atoms with E-state index in [1.807, 2.05) is 6.07 Å². The first-order chi connectivity index (χ1) is 19.6. The van der Waals surface area contributed by atoms with E-state index in [9.17, 15) is 10.1 Å². The summed E-state index contributed by atoms with van der Waals surface area (Å²) in [6.45, 7) is 2.05. The van der Waals surface area contributed by atoms with Gasteiger partial charge in [-0.05, 0) is 48.1 Å². The van der Waals surface area contributed by atoms with Gasteiger partial charge in [0.25, 0.3) is 5.09 Å². The van der Waals surface area contributed by atoms with Crippen molar-refractivity contribution in [1.82, 2.24) is 0 Å². The number of ether oxygens (including phenoxy) is 4. The second kappa shape index (κ2) is 15.1. The van der Waals surface area contributed by atoms with Crippen molar-refractivity contribution in [1.29, 1.82) is 0 Å². The highest BCUT2D eigenvalue weighted by Gasteiger charge is 2.28. The van der Waals surface area contributed by atoms with Gasteiger partial charge in [0, 0.05) is 12.5 Å². The summed E-state index contributed by atoms with van der Waals surface area (Å²) in [5.41, 5.74) is 3.65. The van der Waals surface area contributed by atoms with E-state index in [4.69, 9.17) is 18.9 Å². The number of rotatable bonds is 16. The number of pyridine rings is 1. The molecule has 5 rings (SSSR count). The zero-order valence-corrected chi connectivity index (χ0v) is 25.3. The Bertz CT molecular complexity index is 1330. The fraction of sp³-hybridized carbons (Fsp3) is 0.516. The number of benzene rings is 2. The zero-order valence-electron chi connectivity index (χ0n) is 23.7. The highest BCUT2D eigenvalue weighted by atomic mass is 79.9. The molecule has 0 saturated carbocycles. The molecular weight excluding hydrogens is 592 g/mol. The Labute approximate surface area is 251 Å². The third kappa shape index (κ3) is 7.72. The SMILES string of the molecule is COc1ccc2cc3[n+](cc2c1OCCCCCCCCCCCCO[N+](=O)[O-])CCc1cc2c(cc1-3)OCO2.[Br-]. The van der Waals surface area contributed by atoms with Crippen LogP contribution in [0.25, 0.3) is 22.0 Å². The van der Waals surface area contributed by atoms with Crippen LogP contribution in [0.4, 0.5) is 0 Å². The minimum Gasteiger partial charge on any atom is -1.00 e. The third-order valence-electron chi connectivity index (χ3n) is 7.78. The van der Waals surface area contributed by atoms with Crippen LogP contribution in [-0.4, -0.2) is 32.2 Å². The molecule has 10 heteroatoms. The molecule has 0 aliphatic carbocycles. The predicted octanol–water partition coefficient (Wildman–Crippen LogP) is 3.58. The molecule has 0 fully saturated rings. The summed E-state index contributed by atoms with van der Waals surface area (Å²) in [6, 6.07) is 10.6. The Morgan fingerprint density at radius 3 is 2.24 bits per heavy atom. The van der Waals surface area contributed by atoms with Crippen LogP contribution in [-0.2, 0) is 17.8 Å². The molecule has 0 unspecified atom stereocenters. The van der Waals surface area contributed by atoms with Crippen LogP contribution in [0.2, 0.25) is 0 Å². The third-order valence-corrected chi connectivity index (χ3v) is 7.78. The number of aromatic nitrogens is 1. The molecule has 1 aromatic heterocycles. The van der Waals surface area contributed by atoms with Crippen LogP contribution >= 0.6 is 0 Å². The van der Waals surface area contributed by atoms with Gasteiger partial charge >= 0.3 is 0 Å². The van der Waals surface area contributed by atoms with Gasteiger partial charge in [0.2, 0.25) is 12.5 Å². The summed E-state index contributed by atoms with van der Waals surface area (Å²) in [4.78, 5) is 14.5. The lowest BCUT2D eigenvalue weighted by Crippen LogP contribution is -3.00. The summed E-state index contributed by atoms with van der Waals surface area (Å²) in [5, 5.41) is 11.6. The van der Waals surface area contributed by atoms with E-state index in [1.54, 1.807) is 7.11 Å². The first-order valence-electron chi connectivity index (χ1n) is 14.5. The molecule has 3 aromatic rings. The first-order valence-corrected chi connectivity index (χ1v) is 14.5. The fourth-order valence-corrected chi connectivity index (χ4v) is 5.64. The molecule has 2 aliphatic heterocycles. The molecule has 0 N–H and O–H groups in total. The van der Waals surface area contributed by atoms with Crippen molar-refractivity contribution in [3.8, 4) is 34.3 Å². The number of fused-ring (bicyclic) bond motifs is 5. The number of hydrogen-bond acceptors (Lipinski definition) is 7. The fourth-order valence-electron chi connectivity index (χ4n) is 5.64. The molecule has 0 saturated heterocycles. The standard InChI is InChI=1S/C31H39N2O7.BrH/c1-36-28-13-12-23-18-27-25-20-30-29(38-22-39-30)19-24(25)14-15-32(27)21-26(23)31(28)37-16-10-8-6-4-2-3-5-7-9-11-17-40-33(34)35;/h12-13,18-21H,2-11,14-17,22H2,1H3;1H/q+1;/p-1. The van der Waals surface area contributed by atoms with Crippen LogP contribution in [0.5, 0.6) is 23.0 Å². The van der Waals surface area contributed by atoms with Crippen molar-refractivity contribution in [2.45, 2.75) is 77.2 Å². The highest BCUT2D eigenvalue weighted by molar-refractivity contribution is 5.91. The van der Waals surface area contributed by atoms with Crippen molar-refractivity contribution in [3.05, 3.63) is 52.2 Å². The lowest BCUT2D eigenvalue weighted by molar-refractivity contribution is -0.757. The minimum absolute atomic E-state index is 0. The summed E-state index contributed by atoms with van der Waals surface area (Å²) in [6.07, 6.45) is 14.2. The molecular formula is C31H39BrN2O7. The van der Waals surface area contributed by atoms with E-state index in [2.05, 4.69) is 39.9 Å². The number of halogens is 1. The normalized spacial score (nSPS) is 12.8. The van der Waals surface area contributed by atoms with Crippen LogP contribution in [0, 0.1) is 10.1 Å². The van der Waals surface area contributed by atoms with Crippen molar-refractivity contribution in [2.75, 3.05) is 27.1 Å². The zero-order chi connectivity index (χ0) is 27.7. The molecule has 0 atom stereocenters. The maximum Gasteiger partial charge on any atom is 0.294 e. The average molecular weight is 632 g/mol. The smallest absolute Gasteiger partial charge is 0.294 e. The molecule has 222 valence electrons. The lowest BCUT2D eigenvalue weighted by Gasteiger charge is -2.18. The lowest BCUT2D eigenvalue weighted by atomic mass is 9.95. The second-order valence-corrected chi connectivity index (χ2v) is 10.5. The maximum absolute atomic E-state index is 10.1. The Balaban J connectivity index is 0.00000387. The maximum atomic E-state index is 10.1. The van der Waals surface area contributed by atoms with Gasteiger partial charge in [-0.25, -0.2) is 0 Å². The highest BCUT2D eigenvalue weighted by Crippen LogP contribution is 2.41. The molecule has 2 aliphatic rings. The number of nitrogens with zero attached hydrogens (tertiary/aromatic N) is 2. The molecule has 0 spiro atoms. The van der Waals surface area contributed by atoms with E-state index < -0.39 is 5.09 Å². The van der Waals surface area contributed by atoms with E-state index >= 15 is 0 Å². The van der Waals surface area contributed by atoms with Crippen molar-refractivity contribution in [3.63, 3.8) is 0 Å². The molecule has 3 heterocycles. The van der Waals surface area contributed by atoms with E-state index in [1.165, 1.54) is 48.9 Å². The molecule has 9 nitrogen and oxygen atoms in total. The van der Waals surface area contributed by atoms with Crippen LogP contribution in [0.3, 0.4) is 0 Å². The Hall–Kier alpha value is -3.27. The van der Waals surface area contributed by atoms with Crippen molar-refractivity contribution < 1.29 is 50.4 Å². The van der Waals surface area contributed by atoms with Crippen LogP contribution in [0.15, 0.2) is 36.5 Å². The van der Waals surface area contributed by atoms with Crippen LogP contribution in [0.1, 0.15) is 69.8 Å². The Kier molecular flexibility index (Phi) is 11.3. The van der Waals surface area contributed by atoms with Gasteiger partial charge in [0.1, 0.15) is 0 Å². The topological polar surface area (TPSA) is 93.2 Å². The summed E-state index contributed by atoms with van der Waals surface area (Å²) < 4.78 is 25.6. The van der Waals surface area contributed by atoms with Crippen molar-refractivity contribution in [2.24, 2.45) is 0 Å². The number of unbranched alkanes of at least 4 members (excludes halogenated alkanes) is 9. The summed E-state index contributed by atoms with van der Waals surface area (Å²) in [7, 11) is 1.69. The average Bonchev–Trinajstić information content (AvgIpc) is 3.42. The first kappa shape index (κ1) is 30.7. The molecule has 0 amide bonds. The summed E-state index contributed by atoms with van der Waals surface area (Å²) >= 11 is 0. The van der Waals surface area contributed by atoms with E-state index in [0.717, 1.165) is 78.8 Å². The van der Waals surface area contributed by atoms with Gasteiger partial charge < -0.3 is 40.8 Å². The van der Waals surface area contributed by atoms with Gasteiger partial charge in [-0.2, -0.15) is 4.57 Å². The van der Waals surface area contributed by atoms with E-state index in [-0.39, 0.29) is 30.4 Å². The van der Waals surface area contributed by atoms with Gasteiger partial charge in [-0.3, -0.25) is 0 Å². The Morgan fingerprint density at radius 1 is 0.902 bits per heavy atom. The van der Waals surface area contributed by atoms with Gasteiger partial charge in [-0.15, -0.1) is 10.1 Å². The van der Waals surface area contributed by atoms with Gasteiger partial charge in [0.15, 0.2) is 35.7 Å². The number of methoxy groups -OCH3 is 1. The van der Waals surface area contributed by atoms with Crippen molar-refractivity contribution >= 4 is 10.8 Å². The summed E-state index contributed by atoms with van der Waals surface area (Å²) in [5.74, 6) is 3.22. The second-order valence-electron chi connectivity index (χ2n) is 10.5. The largest absolute Gasteiger partial charge is 1.00 e. The minimum atomic E-state index is -0.717. The molecule has 0 radical (unpaired) electrons. The van der Waals surface area contributed by atoms with Gasteiger partial charge in [-0.1, -0.05) is 51.4 Å². The quantitative estimate of drug-likeness (QED) is 0.103. The van der Waals surface area contributed by atoms with E-state index in [0.29, 0.717) is 6.61 Å². The molecule has 0 bridgehead atoms. The molecule has 41 heavy (non-hydrogen) atoms. The van der Waals surface area contributed by atoms with Crippen LogP contribution < -0.4 is 40.5 Å². The Morgan fingerprint density at radius 2 is 1.56 bits per heavy atom. The van der Waals surface area contributed by atoms with Gasteiger partial charge in [0.05, 0.1) is 31.3 Å².